The van der Waals surface area contributed by atoms with Gasteiger partial charge in [-0.2, -0.15) is 0 Å². The molecule has 3 aliphatic heterocycles. The lowest BCUT2D eigenvalue weighted by molar-refractivity contribution is -0.265. The molecule has 2 bridgehead atoms. The third-order valence-corrected chi connectivity index (χ3v) is 15.9. The van der Waals surface area contributed by atoms with Crippen molar-refractivity contribution >= 4 is 37.5 Å². The molecule has 14 nitrogen and oxygen atoms in total. The van der Waals surface area contributed by atoms with Crippen molar-refractivity contribution in [2.75, 3.05) is 27.9 Å². The molecule has 15 atom stereocenters. The third kappa shape index (κ3) is 16.2. The molecular weight excluding hydrogens is 899 g/mol. The minimum Gasteiger partial charge on any atom is -0.460 e. The number of fused-ring (bicyclic) bond motifs is 3. The van der Waals surface area contributed by atoms with Crippen LogP contribution in [0.15, 0.2) is 47.6 Å². The summed E-state index contributed by atoms with van der Waals surface area (Å²) >= 11 is 0. The zero-order valence-electron chi connectivity index (χ0n) is 44.1. The molecule has 0 aromatic heterocycles. The summed E-state index contributed by atoms with van der Waals surface area (Å²) in [6.45, 7) is 19.4. The molecule has 0 aromatic rings. The molecule has 69 heavy (non-hydrogen) atoms. The van der Waals surface area contributed by atoms with Gasteiger partial charge in [-0.25, -0.2) is 4.79 Å². The number of piperidine rings is 1. The van der Waals surface area contributed by atoms with Crippen LogP contribution in [0, 0.1) is 35.5 Å². The van der Waals surface area contributed by atoms with Crippen molar-refractivity contribution in [3.8, 4) is 0 Å². The van der Waals surface area contributed by atoms with E-state index < -0.39 is 86.3 Å². The lowest BCUT2D eigenvalue weighted by Gasteiger charge is -2.42. The molecule has 1 saturated carbocycles. The molecule has 3 heterocycles. The number of rotatable bonds is 8. The van der Waals surface area contributed by atoms with Crippen molar-refractivity contribution in [3.63, 3.8) is 0 Å². The second-order valence-electron chi connectivity index (χ2n) is 21.8. The number of nitrogens with zero attached hydrogens (tertiary/aromatic N) is 1. The Morgan fingerprint density at radius 2 is 1.55 bits per heavy atom. The summed E-state index contributed by atoms with van der Waals surface area (Å²) < 4.78 is 36.7. The van der Waals surface area contributed by atoms with Crippen LogP contribution in [0.3, 0.4) is 0 Å². The van der Waals surface area contributed by atoms with Gasteiger partial charge in [-0.15, -0.1) is 0 Å². The van der Waals surface area contributed by atoms with E-state index in [0.717, 1.165) is 12.0 Å². The van der Waals surface area contributed by atoms with E-state index in [1.165, 1.54) is 12.0 Å². The molecule has 3 fully saturated rings. The first-order chi connectivity index (χ1) is 32.4. The van der Waals surface area contributed by atoms with Gasteiger partial charge in [-0.1, -0.05) is 71.1 Å². The van der Waals surface area contributed by atoms with Gasteiger partial charge in [-0.05, 0) is 127 Å². The molecule has 2 N–H and O–H groups in total. The Labute approximate surface area is 414 Å². The van der Waals surface area contributed by atoms with E-state index in [1.807, 2.05) is 83.8 Å². The first-order valence-corrected chi connectivity index (χ1v) is 29.0. The molecule has 4 rings (SSSR count). The standard InChI is InChI=1S/C54H87NO13Si/c1-33-19-15-14-16-20-34(2)45(63-8)31-41-24-22-39(7)54(62,67-41)51(59)52(60)55-26-18-17-21-42(55)53(61)66-46(36(4)29-40-23-25-43(56)47(30-40)64-9)32-44(57)35(3)28-38(6)49(68-69(11,12)13)50(65-10)48(58)37(5)27-33/h14-16,19-20,28,33,35-37,39-43,45-47,49-50,56,62H,17-18,21-27,29-32H2,1-13H3/b16-14+,19-15+,34-20+,38-28+/t33-,35-,36-,37-,39-,40+,41+,42+,43-,45+,46+,47-,49+,50+,54-/m1/s1. The number of carbonyl (C=O) groups excluding carboxylic acids is 5. The molecule has 1 aliphatic carbocycles. The molecule has 4 aliphatic rings. The number of hydrogen-bond donors (Lipinski definition) is 2. The van der Waals surface area contributed by atoms with Gasteiger partial charge in [0, 0.05) is 58.5 Å². The highest BCUT2D eigenvalue weighted by Gasteiger charge is 2.53. The van der Waals surface area contributed by atoms with E-state index in [1.54, 1.807) is 28.1 Å². The molecule has 1 amide bonds. The highest BCUT2D eigenvalue weighted by Crippen LogP contribution is 2.38. The summed E-state index contributed by atoms with van der Waals surface area (Å²) in [6.07, 6.45) is 12.7. The number of esters is 1. The van der Waals surface area contributed by atoms with Crippen LogP contribution < -0.4 is 0 Å². The number of allylic oxidation sites excluding steroid dienone is 6. The summed E-state index contributed by atoms with van der Waals surface area (Å²) in [6, 6.07) is -1.13. The summed E-state index contributed by atoms with van der Waals surface area (Å²) in [7, 11) is 2.40. The smallest absolute Gasteiger partial charge is 0.329 e. The number of Topliss-reactive ketones (excluding diaryl/α,β-unsaturated/α-hetero) is 3. The van der Waals surface area contributed by atoms with Crippen molar-refractivity contribution in [2.45, 2.75) is 200 Å². The number of ketones is 3. The van der Waals surface area contributed by atoms with E-state index in [-0.39, 0.29) is 60.7 Å². The summed E-state index contributed by atoms with van der Waals surface area (Å²) in [5.74, 6) is -7.43. The maximum atomic E-state index is 14.5. The monoisotopic (exact) mass is 986 g/mol. The van der Waals surface area contributed by atoms with Crippen LogP contribution in [-0.4, -0.2) is 135 Å². The number of hydrogen-bond acceptors (Lipinski definition) is 13. The van der Waals surface area contributed by atoms with Crippen LogP contribution in [0.1, 0.15) is 126 Å². The maximum absolute atomic E-state index is 14.5. The first-order valence-electron chi connectivity index (χ1n) is 25.6. The predicted molar refractivity (Wildman–Crippen MR) is 267 cm³/mol. The average Bonchev–Trinajstić information content (AvgIpc) is 3.30. The molecule has 15 heteroatoms. The Balaban J connectivity index is 1.76. The summed E-state index contributed by atoms with van der Waals surface area (Å²) in [5, 5.41) is 22.5. The summed E-state index contributed by atoms with van der Waals surface area (Å²) in [5.41, 5.74) is 1.58. The minimum atomic E-state index is -2.42. The number of aliphatic hydroxyl groups excluding tert-OH is 1. The highest BCUT2D eigenvalue weighted by atomic mass is 28.4. The Bertz CT molecular complexity index is 1870. The largest absolute Gasteiger partial charge is 0.460 e. The fourth-order valence-electron chi connectivity index (χ4n) is 10.6. The molecule has 0 spiro atoms. The minimum absolute atomic E-state index is 0.0556. The number of amides is 1. The summed E-state index contributed by atoms with van der Waals surface area (Å²) in [4.78, 5) is 73.1. The van der Waals surface area contributed by atoms with Gasteiger partial charge in [0.2, 0.25) is 5.79 Å². The van der Waals surface area contributed by atoms with Gasteiger partial charge in [-0.3, -0.25) is 19.2 Å². The molecule has 2 saturated heterocycles. The second kappa shape index (κ2) is 26.5. The van der Waals surface area contributed by atoms with E-state index >= 15 is 0 Å². The topological polar surface area (TPSA) is 184 Å². The lowest BCUT2D eigenvalue weighted by atomic mass is 9.78. The Morgan fingerprint density at radius 1 is 0.841 bits per heavy atom. The quantitative estimate of drug-likeness (QED) is 0.103. The first kappa shape index (κ1) is 58.4. The van der Waals surface area contributed by atoms with Crippen LogP contribution in [-0.2, 0) is 52.1 Å². The second-order valence-corrected chi connectivity index (χ2v) is 26.3. The zero-order valence-corrected chi connectivity index (χ0v) is 45.1. The van der Waals surface area contributed by atoms with Crippen LogP contribution in [0.25, 0.3) is 0 Å². The Morgan fingerprint density at radius 3 is 2.20 bits per heavy atom. The fourth-order valence-corrected chi connectivity index (χ4v) is 11.7. The third-order valence-electron chi connectivity index (χ3n) is 14.9. The average molecular weight is 986 g/mol. The molecule has 0 radical (unpaired) electrons. The number of cyclic esters (lactones) is 1. The van der Waals surface area contributed by atoms with Crippen molar-refractivity contribution in [2.24, 2.45) is 35.5 Å². The van der Waals surface area contributed by atoms with Crippen LogP contribution >= 0.6 is 0 Å². The van der Waals surface area contributed by atoms with Crippen LogP contribution in [0.4, 0.5) is 0 Å². The molecule has 0 unspecified atom stereocenters. The van der Waals surface area contributed by atoms with E-state index in [0.29, 0.717) is 63.4 Å². The van der Waals surface area contributed by atoms with Gasteiger partial charge in [0.25, 0.3) is 11.7 Å². The van der Waals surface area contributed by atoms with Crippen molar-refractivity contribution in [3.05, 3.63) is 47.6 Å². The van der Waals surface area contributed by atoms with Crippen molar-refractivity contribution in [1.29, 1.82) is 0 Å². The molecule has 390 valence electrons. The highest BCUT2D eigenvalue weighted by molar-refractivity contribution is 6.69. The zero-order chi connectivity index (χ0) is 51.4. The fraction of sp³-hybridized carbons (Fsp3) is 0.759. The van der Waals surface area contributed by atoms with Crippen LogP contribution in [0.2, 0.25) is 19.6 Å². The number of ether oxygens (including phenoxy) is 5. The van der Waals surface area contributed by atoms with Gasteiger partial charge in [0.1, 0.15) is 24.0 Å². The number of aliphatic hydroxyl groups is 2. The van der Waals surface area contributed by atoms with Crippen LogP contribution in [0.5, 0.6) is 0 Å². The number of carbonyl (C=O) groups is 5. The van der Waals surface area contributed by atoms with Gasteiger partial charge in [0.05, 0.1) is 30.5 Å². The lowest BCUT2D eigenvalue weighted by Crippen LogP contribution is -2.61. The van der Waals surface area contributed by atoms with Crippen molar-refractivity contribution < 1.29 is 62.3 Å². The normalized spacial score (nSPS) is 39.0. The Kier molecular flexibility index (Phi) is 22.4. The van der Waals surface area contributed by atoms with Crippen molar-refractivity contribution in [1.82, 2.24) is 4.90 Å². The molecule has 0 aromatic carbocycles. The van der Waals surface area contributed by atoms with E-state index in [2.05, 4.69) is 6.92 Å². The van der Waals surface area contributed by atoms with Gasteiger partial charge < -0.3 is 43.2 Å². The van der Waals surface area contributed by atoms with Gasteiger partial charge in [0.15, 0.2) is 14.1 Å². The molecular formula is C54H87NO13Si. The predicted octanol–water partition coefficient (Wildman–Crippen LogP) is 8.04. The van der Waals surface area contributed by atoms with Gasteiger partial charge >= 0.3 is 5.97 Å². The number of methoxy groups -OCH3 is 3. The Hall–Kier alpha value is -3.15. The maximum Gasteiger partial charge on any atom is 0.329 e. The van der Waals surface area contributed by atoms with E-state index in [4.69, 9.17) is 28.1 Å². The van der Waals surface area contributed by atoms with E-state index in [9.17, 15) is 34.2 Å². The SMILES string of the molecule is CO[C@H]1C[C@@H]2CC[C@@H](C)[C@@](O)(O2)C(=O)C(=O)N2CCCC[C@H]2C(=O)O[C@H]([C@H](C)C[C@@H]2CC[C@@H](O)[C@H](OC)C2)CC(=O)[C@H](C)/C=C(\C)[C@H](O[Si](C)(C)C)[C@@H](OC)C(=O)[C@H](C)C[C@H](C)/C=C/C=C/C=C/1C.